The van der Waals surface area contributed by atoms with Crippen LogP contribution in [0.4, 0.5) is 5.82 Å². The molecule has 0 bridgehead atoms. The number of carbonyl (C=O) groups excluding carboxylic acids is 1. The highest BCUT2D eigenvalue weighted by Gasteiger charge is 2.30. The number of carbonyl (C=O) groups is 1. The minimum atomic E-state index is -0.0289. The van der Waals surface area contributed by atoms with Crippen molar-refractivity contribution in [3.8, 4) is 0 Å². The van der Waals surface area contributed by atoms with Crippen molar-refractivity contribution in [2.45, 2.75) is 6.04 Å². The molecule has 0 spiro atoms. The van der Waals surface area contributed by atoms with Crippen LogP contribution in [0.15, 0.2) is 12.3 Å². The van der Waals surface area contributed by atoms with Crippen LogP contribution in [0.5, 0.6) is 0 Å². The molecule has 1 aromatic heterocycles. The molecule has 0 aliphatic carbocycles. The van der Waals surface area contributed by atoms with Gasteiger partial charge in [0, 0.05) is 44.0 Å². The SMILES string of the molecule is O=C(C1CSCN1)N1CCN(c2ncc(Cl)cc2Cl)CC1. The van der Waals surface area contributed by atoms with Gasteiger partial charge in [0.05, 0.1) is 16.1 Å². The summed E-state index contributed by atoms with van der Waals surface area (Å²) in [4.78, 5) is 20.6. The zero-order valence-corrected chi connectivity index (χ0v) is 13.7. The lowest BCUT2D eigenvalue weighted by Gasteiger charge is -2.36. The molecule has 21 heavy (non-hydrogen) atoms. The number of anilines is 1. The van der Waals surface area contributed by atoms with E-state index in [1.165, 1.54) is 0 Å². The summed E-state index contributed by atoms with van der Waals surface area (Å²) in [5, 5.41) is 4.30. The lowest BCUT2D eigenvalue weighted by molar-refractivity contribution is -0.132. The van der Waals surface area contributed by atoms with Gasteiger partial charge in [-0.3, -0.25) is 10.1 Å². The normalized spacial score (nSPS) is 22.7. The maximum atomic E-state index is 12.3. The van der Waals surface area contributed by atoms with Crippen LogP contribution in [0, 0.1) is 0 Å². The second-order valence-electron chi connectivity index (χ2n) is 5.04. The van der Waals surface area contributed by atoms with E-state index in [1.54, 1.807) is 24.0 Å². The first-order valence-electron chi connectivity index (χ1n) is 6.81. The molecule has 1 atom stereocenters. The third kappa shape index (κ3) is 3.39. The van der Waals surface area contributed by atoms with Crippen molar-refractivity contribution in [2.75, 3.05) is 42.7 Å². The summed E-state index contributed by atoms with van der Waals surface area (Å²) in [6.07, 6.45) is 1.60. The molecule has 8 heteroatoms. The van der Waals surface area contributed by atoms with Gasteiger partial charge in [-0.25, -0.2) is 4.98 Å². The van der Waals surface area contributed by atoms with E-state index in [4.69, 9.17) is 23.2 Å². The van der Waals surface area contributed by atoms with E-state index in [-0.39, 0.29) is 11.9 Å². The maximum absolute atomic E-state index is 12.3. The second-order valence-corrected chi connectivity index (χ2v) is 6.92. The Morgan fingerprint density at radius 1 is 1.33 bits per heavy atom. The van der Waals surface area contributed by atoms with Crippen LogP contribution in [0.1, 0.15) is 0 Å². The molecular weight excluding hydrogens is 331 g/mol. The van der Waals surface area contributed by atoms with Gasteiger partial charge < -0.3 is 9.80 Å². The van der Waals surface area contributed by atoms with Crippen molar-refractivity contribution in [1.82, 2.24) is 15.2 Å². The molecule has 2 aliphatic rings. The molecule has 1 unspecified atom stereocenters. The van der Waals surface area contributed by atoms with Crippen LogP contribution >= 0.6 is 35.0 Å². The summed E-state index contributed by atoms with van der Waals surface area (Å²) in [5.41, 5.74) is 0. The first kappa shape index (κ1) is 15.2. The van der Waals surface area contributed by atoms with Gasteiger partial charge in [0.1, 0.15) is 5.82 Å². The molecule has 1 N–H and O–H groups in total. The fourth-order valence-electron chi connectivity index (χ4n) is 2.55. The molecule has 3 heterocycles. The predicted octanol–water partition coefficient (Wildman–Crippen LogP) is 1.70. The van der Waals surface area contributed by atoms with Gasteiger partial charge in [-0.05, 0) is 6.07 Å². The lowest BCUT2D eigenvalue weighted by Crippen LogP contribution is -2.53. The molecule has 1 aromatic rings. The minimum Gasteiger partial charge on any atom is -0.352 e. The Hall–Kier alpha value is -0.690. The third-order valence-corrected chi connectivity index (χ3v) is 5.12. The number of hydrogen-bond donors (Lipinski definition) is 1. The molecular formula is C13H16Cl2N4OS. The predicted molar refractivity (Wildman–Crippen MR) is 87.3 cm³/mol. The number of nitrogens with zero attached hydrogens (tertiary/aromatic N) is 3. The number of piperazine rings is 1. The molecule has 2 aliphatic heterocycles. The number of hydrogen-bond acceptors (Lipinski definition) is 5. The fourth-order valence-corrected chi connectivity index (χ4v) is 3.99. The van der Waals surface area contributed by atoms with Crippen LogP contribution in [0.3, 0.4) is 0 Å². The topological polar surface area (TPSA) is 48.5 Å². The highest BCUT2D eigenvalue weighted by atomic mass is 35.5. The summed E-state index contributed by atoms with van der Waals surface area (Å²) in [5.74, 6) is 2.67. The molecule has 2 saturated heterocycles. The summed E-state index contributed by atoms with van der Waals surface area (Å²) >= 11 is 13.8. The number of thioether (sulfide) groups is 1. The van der Waals surface area contributed by atoms with Gasteiger partial charge >= 0.3 is 0 Å². The van der Waals surface area contributed by atoms with Crippen LogP contribution in [-0.2, 0) is 4.79 Å². The van der Waals surface area contributed by atoms with Gasteiger partial charge in [0.2, 0.25) is 5.91 Å². The Balaban J connectivity index is 1.60. The Bertz CT molecular complexity index is 531. The molecule has 5 nitrogen and oxygen atoms in total. The summed E-state index contributed by atoms with van der Waals surface area (Å²) in [6.45, 7) is 2.87. The molecule has 2 fully saturated rings. The molecule has 114 valence electrons. The average Bonchev–Trinajstić information content (AvgIpc) is 3.01. The minimum absolute atomic E-state index is 0.0289. The lowest BCUT2D eigenvalue weighted by atomic mass is 10.2. The quantitative estimate of drug-likeness (QED) is 0.883. The van der Waals surface area contributed by atoms with Gasteiger partial charge in [-0.1, -0.05) is 23.2 Å². The van der Waals surface area contributed by atoms with Crippen LogP contribution in [0.25, 0.3) is 0 Å². The molecule has 0 saturated carbocycles. The van der Waals surface area contributed by atoms with Crippen LogP contribution < -0.4 is 10.2 Å². The van der Waals surface area contributed by atoms with Gasteiger partial charge in [-0.15, -0.1) is 11.8 Å². The molecule has 0 aromatic carbocycles. The van der Waals surface area contributed by atoms with E-state index in [1.807, 2.05) is 4.90 Å². The van der Waals surface area contributed by atoms with Gasteiger partial charge in [-0.2, -0.15) is 0 Å². The summed E-state index contributed by atoms with van der Waals surface area (Å²) in [7, 11) is 0. The first-order chi connectivity index (χ1) is 10.1. The summed E-state index contributed by atoms with van der Waals surface area (Å²) in [6, 6.07) is 1.67. The van der Waals surface area contributed by atoms with Crippen LogP contribution in [-0.4, -0.2) is 59.6 Å². The van der Waals surface area contributed by atoms with E-state index in [0.717, 1.165) is 30.5 Å². The number of pyridine rings is 1. The van der Waals surface area contributed by atoms with Crippen molar-refractivity contribution < 1.29 is 4.79 Å². The Morgan fingerprint density at radius 3 is 2.71 bits per heavy atom. The largest absolute Gasteiger partial charge is 0.352 e. The van der Waals surface area contributed by atoms with E-state index >= 15 is 0 Å². The fraction of sp³-hybridized carbons (Fsp3) is 0.538. The average molecular weight is 347 g/mol. The van der Waals surface area contributed by atoms with Gasteiger partial charge in [0.15, 0.2) is 0 Å². The number of rotatable bonds is 2. The van der Waals surface area contributed by atoms with Crippen molar-refractivity contribution in [3.05, 3.63) is 22.3 Å². The number of aromatic nitrogens is 1. The van der Waals surface area contributed by atoms with Crippen LogP contribution in [0.2, 0.25) is 10.0 Å². The number of nitrogens with one attached hydrogen (secondary N) is 1. The number of halogens is 2. The monoisotopic (exact) mass is 346 g/mol. The zero-order chi connectivity index (χ0) is 14.8. The van der Waals surface area contributed by atoms with Gasteiger partial charge in [0.25, 0.3) is 0 Å². The van der Waals surface area contributed by atoms with E-state index in [2.05, 4.69) is 15.2 Å². The standard InChI is InChI=1S/C13H16Cl2N4OS/c14-9-5-10(15)12(16-6-9)18-1-3-19(4-2-18)13(20)11-7-21-8-17-11/h5-6,11,17H,1-4,7-8H2. The Labute approximate surface area is 138 Å². The highest BCUT2D eigenvalue weighted by molar-refractivity contribution is 7.99. The Morgan fingerprint density at radius 2 is 2.10 bits per heavy atom. The molecule has 0 radical (unpaired) electrons. The van der Waals surface area contributed by atoms with E-state index in [0.29, 0.717) is 23.1 Å². The van der Waals surface area contributed by atoms with Crippen molar-refractivity contribution >= 4 is 46.7 Å². The molecule has 1 amide bonds. The second kappa shape index (κ2) is 6.60. The Kier molecular flexibility index (Phi) is 4.78. The first-order valence-corrected chi connectivity index (χ1v) is 8.72. The highest BCUT2D eigenvalue weighted by Crippen LogP contribution is 2.27. The van der Waals surface area contributed by atoms with E-state index < -0.39 is 0 Å². The van der Waals surface area contributed by atoms with E-state index in [9.17, 15) is 4.79 Å². The third-order valence-electron chi connectivity index (χ3n) is 3.69. The maximum Gasteiger partial charge on any atom is 0.240 e. The molecule has 3 rings (SSSR count). The van der Waals surface area contributed by atoms with Crippen molar-refractivity contribution in [3.63, 3.8) is 0 Å². The smallest absolute Gasteiger partial charge is 0.240 e. The van der Waals surface area contributed by atoms with Crippen molar-refractivity contribution in [1.29, 1.82) is 0 Å². The van der Waals surface area contributed by atoms with Crippen molar-refractivity contribution in [2.24, 2.45) is 0 Å². The number of amides is 1. The zero-order valence-electron chi connectivity index (χ0n) is 11.4. The summed E-state index contributed by atoms with van der Waals surface area (Å²) < 4.78 is 0.